The smallest absolute Gasteiger partial charge is 0.227 e. The monoisotopic (exact) mass is 468 g/mol. The number of hydrogen-bond donors (Lipinski definition) is 1. The van der Waals surface area contributed by atoms with Gasteiger partial charge in [0.05, 0.1) is 11.6 Å². The third kappa shape index (κ3) is 4.10. The Kier molecular flexibility index (Phi) is 5.54. The zero-order chi connectivity index (χ0) is 18.0. The van der Waals surface area contributed by atoms with Gasteiger partial charge in [0, 0.05) is 28.5 Å². The largest absolute Gasteiger partial charge is 0.352 e. The van der Waals surface area contributed by atoms with Gasteiger partial charge in [-0.2, -0.15) is 0 Å². The van der Waals surface area contributed by atoms with E-state index in [1.54, 1.807) is 11.0 Å². The van der Waals surface area contributed by atoms with Crippen LogP contribution >= 0.6 is 31.9 Å². The van der Waals surface area contributed by atoms with Gasteiger partial charge < -0.3 is 10.2 Å². The lowest BCUT2D eigenvalue weighted by Crippen LogP contribution is -2.32. The quantitative estimate of drug-likeness (QED) is 0.735. The Labute approximate surface area is 161 Å². The SMILES string of the molecule is O=C(NCc1cc(F)ccc1Br)C1CC(=O)N(c2ccccc2Br)C1. The maximum atomic E-state index is 13.3. The molecule has 0 radical (unpaired) electrons. The first-order valence-corrected chi connectivity index (χ1v) is 9.31. The number of carbonyl (C=O) groups excluding carboxylic acids is 2. The van der Waals surface area contributed by atoms with Gasteiger partial charge in [-0.3, -0.25) is 9.59 Å². The Bertz CT molecular complexity index is 828. The van der Waals surface area contributed by atoms with Crippen LogP contribution in [0.15, 0.2) is 51.4 Å². The highest BCUT2D eigenvalue weighted by Crippen LogP contribution is 2.31. The van der Waals surface area contributed by atoms with Crippen molar-refractivity contribution in [3.05, 3.63) is 62.8 Å². The summed E-state index contributed by atoms with van der Waals surface area (Å²) in [6.45, 7) is 0.536. The Hall–Kier alpha value is -1.73. The van der Waals surface area contributed by atoms with E-state index in [1.807, 2.05) is 24.3 Å². The lowest BCUT2D eigenvalue weighted by Gasteiger charge is -2.18. The zero-order valence-corrected chi connectivity index (χ0v) is 16.3. The highest BCUT2D eigenvalue weighted by molar-refractivity contribution is 9.10. The fourth-order valence-electron chi connectivity index (χ4n) is 2.79. The molecule has 0 bridgehead atoms. The van der Waals surface area contributed by atoms with Crippen LogP contribution in [0.25, 0.3) is 0 Å². The molecule has 2 amide bonds. The molecule has 2 aromatic rings. The Morgan fingerprint density at radius 3 is 2.72 bits per heavy atom. The van der Waals surface area contributed by atoms with E-state index >= 15 is 0 Å². The minimum Gasteiger partial charge on any atom is -0.352 e. The maximum absolute atomic E-state index is 13.3. The second-order valence-corrected chi connectivity index (χ2v) is 7.52. The standard InChI is InChI=1S/C18H15Br2FN2O2/c19-14-6-5-13(21)7-11(14)9-22-18(25)12-8-17(24)23(10-12)16-4-2-1-3-15(16)20/h1-7,12H,8-10H2,(H,22,25). The van der Waals surface area contributed by atoms with Crippen molar-refractivity contribution in [2.75, 3.05) is 11.4 Å². The fraction of sp³-hybridized carbons (Fsp3) is 0.222. The normalized spacial score (nSPS) is 17.0. The lowest BCUT2D eigenvalue weighted by molar-refractivity contribution is -0.126. The number of anilines is 1. The number of hydrogen-bond acceptors (Lipinski definition) is 2. The fourth-order valence-corrected chi connectivity index (χ4v) is 3.68. The van der Waals surface area contributed by atoms with Gasteiger partial charge in [0.25, 0.3) is 0 Å². The molecule has 1 saturated heterocycles. The zero-order valence-electron chi connectivity index (χ0n) is 13.1. The van der Waals surface area contributed by atoms with E-state index in [1.165, 1.54) is 12.1 Å². The molecule has 0 aliphatic carbocycles. The summed E-state index contributed by atoms with van der Waals surface area (Å²) in [5.74, 6) is -1.08. The van der Waals surface area contributed by atoms with Crippen LogP contribution in [0.1, 0.15) is 12.0 Å². The molecule has 130 valence electrons. The molecule has 1 aliphatic rings. The molecule has 3 rings (SSSR count). The molecule has 2 aromatic carbocycles. The van der Waals surface area contributed by atoms with Crippen molar-refractivity contribution in [1.29, 1.82) is 0 Å². The van der Waals surface area contributed by atoms with Crippen LogP contribution in [0.5, 0.6) is 0 Å². The molecule has 1 atom stereocenters. The molecule has 0 aromatic heterocycles. The van der Waals surface area contributed by atoms with Gasteiger partial charge in [0.1, 0.15) is 5.82 Å². The van der Waals surface area contributed by atoms with Crippen LogP contribution in [0.4, 0.5) is 10.1 Å². The van der Waals surface area contributed by atoms with Gasteiger partial charge in [0.15, 0.2) is 0 Å². The third-order valence-corrected chi connectivity index (χ3v) is 5.54. The molecular formula is C18H15Br2FN2O2. The van der Waals surface area contributed by atoms with E-state index in [0.717, 1.165) is 14.6 Å². The molecule has 1 aliphatic heterocycles. The van der Waals surface area contributed by atoms with E-state index in [-0.39, 0.29) is 30.6 Å². The highest BCUT2D eigenvalue weighted by atomic mass is 79.9. The number of rotatable bonds is 4. The number of amides is 2. The highest BCUT2D eigenvalue weighted by Gasteiger charge is 2.35. The number of halogens is 3. The first kappa shape index (κ1) is 18.1. The third-order valence-electron chi connectivity index (χ3n) is 4.10. The average molecular weight is 470 g/mol. The minimum atomic E-state index is -0.424. The molecule has 0 spiro atoms. The molecule has 1 heterocycles. The van der Waals surface area contributed by atoms with Gasteiger partial charge in [-0.15, -0.1) is 0 Å². The average Bonchev–Trinajstić information content (AvgIpc) is 2.97. The molecule has 0 saturated carbocycles. The summed E-state index contributed by atoms with van der Waals surface area (Å²) in [6, 6.07) is 11.7. The van der Waals surface area contributed by atoms with Crippen LogP contribution in [0.2, 0.25) is 0 Å². The molecule has 1 N–H and O–H groups in total. The van der Waals surface area contributed by atoms with Gasteiger partial charge in [0.2, 0.25) is 11.8 Å². The summed E-state index contributed by atoms with van der Waals surface area (Å²) in [4.78, 5) is 26.3. The molecule has 4 nitrogen and oxygen atoms in total. The van der Waals surface area contributed by atoms with Gasteiger partial charge in [-0.05, 0) is 51.8 Å². The molecule has 1 fully saturated rings. The summed E-state index contributed by atoms with van der Waals surface area (Å²) in [5.41, 5.74) is 1.41. The Morgan fingerprint density at radius 2 is 1.96 bits per heavy atom. The van der Waals surface area contributed by atoms with E-state index < -0.39 is 5.92 Å². The van der Waals surface area contributed by atoms with Crippen molar-refractivity contribution in [3.63, 3.8) is 0 Å². The molecular weight excluding hydrogens is 455 g/mol. The summed E-state index contributed by atoms with van der Waals surface area (Å²) >= 11 is 6.77. The van der Waals surface area contributed by atoms with Crippen molar-refractivity contribution < 1.29 is 14.0 Å². The van der Waals surface area contributed by atoms with Crippen molar-refractivity contribution in [2.24, 2.45) is 5.92 Å². The van der Waals surface area contributed by atoms with Crippen LogP contribution < -0.4 is 10.2 Å². The van der Waals surface area contributed by atoms with Crippen molar-refractivity contribution in [3.8, 4) is 0 Å². The van der Waals surface area contributed by atoms with Gasteiger partial charge in [-0.25, -0.2) is 4.39 Å². The molecule has 1 unspecified atom stereocenters. The predicted octanol–water partition coefficient (Wildman–Crippen LogP) is 4.02. The van der Waals surface area contributed by atoms with Crippen molar-refractivity contribution in [2.45, 2.75) is 13.0 Å². The van der Waals surface area contributed by atoms with E-state index in [4.69, 9.17) is 0 Å². The predicted molar refractivity (Wildman–Crippen MR) is 101 cm³/mol. The van der Waals surface area contributed by atoms with Crippen molar-refractivity contribution >= 4 is 49.4 Å². The maximum Gasteiger partial charge on any atom is 0.227 e. The number of benzene rings is 2. The van der Waals surface area contributed by atoms with Crippen LogP contribution in [0, 0.1) is 11.7 Å². The number of carbonyl (C=O) groups is 2. The number of para-hydroxylation sites is 1. The summed E-state index contributed by atoms with van der Waals surface area (Å²) in [5, 5.41) is 2.79. The van der Waals surface area contributed by atoms with Crippen LogP contribution in [0.3, 0.4) is 0 Å². The topological polar surface area (TPSA) is 49.4 Å². The minimum absolute atomic E-state index is 0.0843. The Morgan fingerprint density at radius 1 is 1.20 bits per heavy atom. The van der Waals surface area contributed by atoms with Crippen molar-refractivity contribution in [1.82, 2.24) is 5.32 Å². The number of nitrogens with zero attached hydrogens (tertiary/aromatic N) is 1. The molecule has 25 heavy (non-hydrogen) atoms. The number of nitrogens with one attached hydrogen (secondary N) is 1. The second kappa shape index (κ2) is 7.66. The second-order valence-electron chi connectivity index (χ2n) is 5.81. The van der Waals surface area contributed by atoms with Gasteiger partial charge >= 0.3 is 0 Å². The molecule has 7 heteroatoms. The Balaban J connectivity index is 1.65. The van der Waals surface area contributed by atoms with E-state index in [9.17, 15) is 14.0 Å². The summed E-state index contributed by atoms with van der Waals surface area (Å²) in [7, 11) is 0. The lowest BCUT2D eigenvalue weighted by atomic mass is 10.1. The van der Waals surface area contributed by atoms with Crippen LogP contribution in [-0.2, 0) is 16.1 Å². The summed E-state index contributed by atoms with van der Waals surface area (Å²) in [6.07, 6.45) is 0.164. The van der Waals surface area contributed by atoms with Gasteiger partial charge in [-0.1, -0.05) is 28.1 Å². The first-order chi connectivity index (χ1) is 12.0. The summed E-state index contributed by atoms with van der Waals surface area (Å²) < 4.78 is 14.9. The van der Waals surface area contributed by atoms with E-state index in [2.05, 4.69) is 37.2 Å². The first-order valence-electron chi connectivity index (χ1n) is 7.72. The van der Waals surface area contributed by atoms with Crippen LogP contribution in [-0.4, -0.2) is 18.4 Å². The van der Waals surface area contributed by atoms with E-state index in [0.29, 0.717) is 12.1 Å².